The first-order valence-electron chi connectivity index (χ1n) is 6.98. The number of hydrogen-bond acceptors (Lipinski definition) is 3. The summed E-state index contributed by atoms with van der Waals surface area (Å²) in [4.78, 5) is 4.41. The summed E-state index contributed by atoms with van der Waals surface area (Å²) in [5.74, 6) is 0.777. The number of pyridine rings is 1. The van der Waals surface area contributed by atoms with Gasteiger partial charge in [0, 0.05) is 26.4 Å². The van der Waals surface area contributed by atoms with Gasteiger partial charge in [-0.1, -0.05) is 19.6 Å². The van der Waals surface area contributed by atoms with Gasteiger partial charge in [-0.05, 0) is 19.0 Å². The maximum absolute atomic E-state index is 5.85. The Morgan fingerprint density at radius 3 is 2.65 bits per heavy atom. The van der Waals surface area contributed by atoms with Gasteiger partial charge >= 0.3 is 0 Å². The number of hydrogen-bond donors (Lipinski definition) is 0. The average Bonchev–Trinajstić information content (AvgIpc) is 2.68. The van der Waals surface area contributed by atoms with Crippen LogP contribution in [0, 0.1) is 6.92 Å². The lowest BCUT2D eigenvalue weighted by Gasteiger charge is -2.16. The van der Waals surface area contributed by atoms with Crippen LogP contribution in [-0.2, 0) is 11.5 Å². The van der Waals surface area contributed by atoms with Crippen LogP contribution < -0.4 is 4.74 Å². The van der Waals surface area contributed by atoms with Gasteiger partial charge in [-0.3, -0.25) is 4.98 Å². The predicted octanol–water partition coefficient (Wildman–Crippen LogP) is 3.67. The molecule has 2 aromatic rings. The van der Waals surface area contributed by atoms with Gasteiger partial charge in [0.15, 0.2) is 0 Å². The summed E-state index contributed by atoms with van der Waals surface area (Å²) in [6.45, 7) is 10.6. The topological polar surface area (TPSA) is 36.3 Å². The zero-order valence-electron chi connectivity index (χ0n) is 13.1. The van der Waals surface area contributed by atoms with Crippen molar-refractivity contribution in [3.8, 4) is 5.75 Å². The minimum absolute atomic E-state index is 0.578. The van der Waals surface area contributed by atoms with Crippen molar-refractivity contribution in [3.05, 3.63) is 24.0 Å². The van der Waals surface area contributed by atoms with E-state index in [1.165, 1.54) is 6.04 Å². The average molecular weight is 292 g/mol. The monoisotopic (exact) mass is 292 g/mol. The van der Waals surface area contributed by atoms with Gasteiger partial charge in [0.25, 0.3) is 0 Å². The van der Waals surface area contributed by atoms with Crippen LogP contribution in [0.3, 0.4) is 0 Å². The molecule has 0 spiro atoms. The molecule has 0 N–H and O–H groups in total. The Morgan fingerprint density at radius 2 is 2.00 bits per heavy atom. The van der Waals surface area contributed by atoms with Crippen molar-refractivity contribution in [1.29, 1.82) is 0 Å². The summed E-state index contributed by atoms with van der Waals surface area (Å²) >= 11 is 0. The van der Waals surface area contributed by atoms with E-state index in [1.807, 2.05) is 6.07 Å². The van der Waals surface area contributed by atoms with Gasteiger partial charge in [0.05, 0.1) is 24.3 Å². The summed E-state index contributed by atoms with van der Waals surface area (Å²) < 4.78 is 13.2. The van der Waals surface area contributed by atoms with Crippen LogP contribution in [-0.4, -0.2) is 31.3 Å². The van der Waals surface area contributed by atoms with Crippen LogP contribution in [0.4, 0.5) is 0 Å². The smallest absolute Gasteiger partial charge is 0.139 e. The second kappa shape index (κ2) is 5.97. The fourth-order valence-corrected chi connectivity index (χ4v) is 2.81. The molecule has 110 valence electrons. The molecule has 0 aliphatic rings. The Balaban J connectivity index is 2.10. The molecule has 4 nitrogen and oxygen atoms in total. The maximum Gasteiger partial charge on any atom is 0.139 e. The van der Waals surface area contributed by atoms with Gasteiger partial charge in [-0.15, -0.1) is 0 Å². The highest BCUT2D eigenvalue weighted by Gasteiger charge is 2.13. The van der Waals surface area contributed by atoms with Crippen LogP contribution in [0.2, 0.25) is 25.7 Å². The van der Waals surface area contributed by atoms with E-state index in [0.29, 0.717) is 6.73 Å². The molecule has 20 heavy (non-hydrogen) atoms. The van der Waals surface area contributed by atoms with Crippen molar-refractivity contribution < 1.29 is 9.47 Å². The minimum Gasteiger partial charge on any atom is -0.495 e. The van der Waals surface area contributed by atoms with Crippen molar-refractivity contribution in [2.45, 2.75) is 39.3 Å². The van der Waals surface area contributed by atoms with Gasteiger partial charge in [0.2, 0.25) is 0 Å². The second-order valence-corrected chi connectivity index (χ2v) is 12.0. The fourth-order valence-electron chi connectivity index (χ4n) is 2.06. The first-order valence-corrected chi connectivity index (χ1v) is 10.7. The number of nitrogens with zero attached hydrogens (tertiary/aromatic N) is 2. The molecule has 2 rings (SSSR count). The lowest BCUT2D eigenvalue weighted by molar-refractivity contribution is 0.0890. The number of aromatic nitrogens is 2. The second-order valence-electron chi connectivity index (χ2n) is 6.34. The van der Waals surface area contributed by atoms with Gasteiger partial charge in [-0.25, -0.2) is 0 Å². The number of ether oxygens (including phenoxy) is 2. The number of methoxy groups -OCH3 is 1. The number of fused-ring (bicyclic) bond motifs is 1. The highest BCUT2D eigenvalue weighted by molar-refractivity contribution is 6.76. The fraction of sp³-hybridized carbons (Fsp3) is 0.533. The van der Waals surface area contributed by atoms with Gasteiger partial charge < -0.3 is 14.0 Å². The molecule has 2 heterocycles. The Bertz CT molecular complexity index is 587. The van der Waals surface area contributed by atoms with E-state index in [1.54, 1.807) is 13.3 Å². The van der Waals surface area contributed by atoms with Crippen LogP contribution in [0.25, 0.3) is 11.0 Å². The largest absolute Gasteiger partial charge is 0.495 e. The normalized spacial score (nSPS) is 12.1. The summed E-state index contributed by atoms with van der Waals surface area (Å²) in [7, 11) is 0.632. The first kappa shape index (κ1) is 15.1. The Hall–Kier alpha value is -1.33. The highest BCUT2D eigenvalue weighted by atomic mass is 28.3. The maximum atomic E-state index is 5.85. The number of aryl methyl sites for hydroxylation is 1. The number of rotatable bonds is 6. The summed E-state index contributed by atoms with van der Waals surface area (Å²) in [5.41, 5.74) is 3.21. The zero-order chi connectivity index (χ0) is 14.8. The molecule has 2 aromatic heterocycles. The van der Waals surface area contributed by atoms with E-state index in [-0.39, 0.29) is 0 Å². The van der Waals surface area contributed by atoms with E-state index in [4.69, 9.17) is 9.47 Å². The molecule has 0 saturated heterocycles. The molecule has 0 atom stereocenters. The van der Waals surface area contributed by atoms with Crippen LogP contribution in [0.5, 0.6) is 5.75 Å². The molecule has 0 aromatic carbocycles. The van der Waals surface area contributed by atoms with Crippen LogP contribution in [0.15, 0.2) is 18.3 Å². The van der Waals surface area contributed by atoms with Crippen LogP contribution >= 0.6 is 0 Å². The molecule has 0 saturated carbocycles. The quantitative estimate of drug-likeness (QED) is 0.602. The van der Waals surface area contributed by atoms with E-state index in [2.05, 4.69) is 42.2 Å². The van der Waals surface area contributed by atoms with Crippen molar-refractivity contribution in [2.75, 3.05) is 13.7 Å². The SMILES string of the molecule is COc1cnc2cc(C)n(COCC[Si](C)(C)C)c2c1. The third-order valence-corrected chi connectivity index (χ3v) is 5.09. The summed E-state index contributed by atoms with van der Waals surface area (Å²) in [6.07, 6.45) is 1.75. The van der Waals surface area contributed by atoms with Gasteiger partial charge in [0.1, 0.15) is 12.5 Å². The molecule has 0 aliphatic heterocycles. The minimum atomic E-state index is -1.03. The Morgan fingerprint density at radius 1 is 1.25 bits per heavy atom. The van der Waals surface area contributed by atoms with E-state index in [9.17, 15) is 0 Å². The molecular weight excluding hydrogens is 268 g/mol. The van der Waals surface area contributed by atoms with E-state index in [0.717, 1.165) is 29.1 Å². The molecule has 5 heteroatoms. The molecule has 0 fully saturated rings. The standard InChI is InChI=1S/C15H24N2O2Si/c1-12-8-14-15(9-13(18-2)10-16-14)17(12)11-19-6-7-20(3,4)5/h8-10H,6-7,11H2,1-5H3. The van der Waals surface area contributed by atoms with Crippen LogP contribution in [0.1, 0.15) is 5.69 Å². The molecule has 0 aliphatic carbocycles. The Labute approximate surface area is 121 Å². The zero-order valence-corrected chi connectivity index (χ0v) is 14.1. The third kappa shape index (κ3) is 3.61. The summed E-state index contributed by atoms with van der Waals surface area (Å²) in [5, 5.41) is 0. The highest BCUT2D eigenvalue weighted by Crippen LogP contribution is 2.22. The third-order valence-electron chi connectivity index (χ3n) is 3.39. The molecule has 0 amide bonds. The Kier molecular flexibility index (Phi) is 4.50. The van der Waals surface area contributed by atoms with E-state index >= 15 is 0 Å². The van der Waals surface area contributed by atoms with Crippen molar-refractivity contribution in [3.63, 3.8) is 0 Å². The van der Waals surface area contributed by atoms with E-state index < -0.39 is 8.07 Å². The molecule has 0 bridgehead atoms. The molecule has 0 unspecified atom stereocenters. The van der Waals surface area contributed by atoms with Crippen molar-refractivity contribution in [1.82, 2.24) is 9.55 Å². The first-order chi connectivity index (χ1) is 9.40. The molecular formula is C15H24N2O2Si. The van der Waals surface area contributed by atoms with Crippen molar-refractivity contribution in [2.24, 2.45) is 0 Å². The lowest BCUT2D eigenvalue weighted by Crippen LogP contribution is -2.22. The molecule has 0 radical (unpaired) electrons. The van der Waals surface area contributed by atoms with Gasteiger partial charge in [-0.2, -0.15) is 0 Å². The lowest BCUT2D eigenvalue weighted by atomic mass is 10.3. The predicted molar refractivity (Wildman–Crippen MR) is 85.1 cm³/mol. The van der Waals surface area contributed by atoms with Crippen molar-refractivity contribution >= 4 is 19.1 Å². The summed E-state index contributed by atoms with van der Waals surface area (Å²) in [6, 6.07) is 5.28.